The van der Waals surface area contributed by atoms with Crippen LogP contribution in [0.3, 0.4) is 0 Å². The molecule has 0 spiro atoms. The van der Waals surface area contributed by atoms with Gasteiger partial charge in [-0.15, -0.1) is 0 Å². The number of ketones is 1. The van der Waals surface area contributed by atoms with Crippen molar-refractivity contribution in [2.75, 3.05) is 6.61 Å². The Morgan fingerprint density at radius 1 is 1.22 bits per heavy atom. The summed E-state index contributed by atoms with van der Waals surface area (Å²) >= 11 is 0. The average Bonchev–Trinajstić information content (AvgIpc) is 3.05. The lowest BCUT2D eigenvalue weighted by Gasteiger charge is -2.59. The monoisotopic (exact) mass is 444 g/mol. The van der Waals surface area contributed by atoms with Crippen molar-refractivity contribution in [1.29, 1.82) is 0 Å². The van der Waals surface area contributed by atoms with Gasteiger partial charge in [-0.1, -0.05) is 45.9 Å². The minimum atomic E-state index is -1.16. The van der Waals surface area contributed by atoms with Crippen LogP contribution in [0.2, 0.25) is 0 Å². The second-order valence-electron chi connectivity index (χ2n) is 12.4. The molecule has 10 atom stereocenters. The molecule has 0 aromatic carbocycles. The van der Waals surface area contributed by atoms with Crippen molar-refractivity contribution < 1.29 is 20.1 Å². The van der Waals surface area contributed by atoms with E-state index in [1.54, 1.807) is 6.08 Å². The van der Waals surface area contributed by atoms with Crippen LogP contribution >= 0.6 is 0 Å². The first-order valence-corrected chi connectivity index (χ1v) is 12.9. The predicted octanol–water partition coefficient (Wildman–Crippen LogP) is 4.53. The van der Waals surface area contributed by atoms with Crippen molar-refractivity contribution in [3.05, 3.63) is 24.3 Å². The van der Waals surface area contributed by atoms with Gasteiger partial charge in [0.1, 0.15) is 0 Å². The molecule has 0 aromatic heterocycles. The van der Waals surface area contributed by atoms with E-state index in [9.17, 15) is 20.1 Å². The van der Waals surface area contributed by atoms with E-state index in [2.05, 4.69) is 39.8 Å². The summed E-state index contributed by atoms with van der Waals surface area (Å²) in [6.45, 7) is 10.7. The molecule has 0 bridgehead atoms. The van der Waals surface area contributed by atoms with Gasteiger partial charge in [0, 0.05) is 24.4 Å². The van der Waals surface area contributed by atoms with Gasteiger partial charge in [0.2, 0.25) is 0 Å². The number of allylic oxidation sites excluding steroid dienone is 3. The van der Waals surface area contributed by atoms with Gasteiger partial charge in [-0.25, -0.2) is 0 Å². The summed E-state index contributed by atoms with van der Waals surface area (Å²) in [4.78, 5) is 12.1. The molecule has 4 nitrogen and oxygen atoms in total. The quantitative estimate of drug-likeness (QED) is 0.544. The number of hydrogen-bond acceptors (Lipinski definition) is 4. The third-order valence-electron chi connectivity index (χ3n) is 10.5. The molecule has 0 radical (unpaired) electrons. The van der Waals surface area contributed by atoms with Gasteiger partial charge in [0.05, 0.1) is 11.7 Å². The number of rotatable bonds is 5. The van der Waals surface area contributed by atoms with Crippen molar-refractivity contribution in [3.8, 4) is 0 Å². The lowest BCUT2D eigenvalue weighted by atomic mass is 9.45. The van der Waals surface area contributed by atoms with Crippen molar-refractivity contribution >= 4 is 5.78 Å². The SMILES string of the molecule is CC(C)C(C)C=CC(C)(O)C1C(O)CC2C3CCC4CC(=O)C=CC4(C)C3CCC21CO. The fourth-order valence-electron chi connectivity index (χ4n) is 8.39. The molecule has 0 amide bonds. The normalized spacial score (nSPS) is 46.6. The zero-order valence-electron chi connectivity index (χ0n) is 20.6. The Labute approximate surface area is 194 Å². The van der Waals surface area contributed by atoms with Gasteiger partial charge in [-0.05, 0) is 86.0 Å². The van der Waals surface area contributed by atoms with E-state index in [0.29, 0.717) is 42.4 Å². The highest BCUT2D eigenvalue weighted by molar-refractivity contribution is 5.91. The highest BCUT2D eigenvalue weighted by Crippen LogP contribution is 2.67. The van der Waals surface area contributed by atoms with Crippen molar-refractivity contribution in [2.45, 2.75) is 84.8 Å². The summed E-state index contributed by atoms with van der Waals surface area (Å²) in [5.74, 6) is 2.22. The smallest absolute Gasteiger partial charge is 0.155 e. The summed E-state index contributed by atoms with van der Waals surface area (Å²) in [5, 5.41) is 33.7. The van der Waals surface area contributed by atoms with E-state index in [4.69, 9.17) is 0 Å². The van der Waals surface area contributed by atoms with Crippen LogP contribution < -0.4 is 0 Å². The largest absolute Gasteiger partial charge is 0.396 e. The highest BCUT2D eigenvalue weighted by Gasteiger charge is 2.66. The first-order valence-electron chi connectivity index (χ1n) is 12.9. The van der Waals surface area contributed by atoms with Crippen LogP contribution in [0.15, 0.2) is 24.3 Å². The molecule has 4 aliphatic carbocycles. The maximum absolute atomic E-state index is 12.1. The molecule has 0 saturated heterocycles. The fourth-order valence-corrected chi connectivity index (χ4v) is 8.39. The van der Waals surface area contributed by atoms with Crippen LogP contribution in [0.5, 0.6) is 0 Å². The molecule has 3 N–H and O–H groups in total. The minimum Gasteiger partial charge on any atom is -0.396 e. The van der Waals surface area contributed by atoms with E-state index in [1.807, 2.05) is 13.0 Å². The Kier molecular flexibility index (Phi) is 6.31. The van der Waals surface area contributed by atoms with Crippen LogP contribution in [-0.4, -0.2) is 39.4 Å². The molecule has 0 heterocycles. The number of carbonyl (C=O) groups is 1. The van der Waals surface area contributed by atoms with Gasteiger partial charge >= 0.3 is 0 Å². The van der Waals surface area contributed by atoms with Gasteiger partial charge in [0.25, 0.3) is 0 Å². The van der Waals surface area contributed by atoms with E-state index >= 15 is 0 Å². The van der Waals surface area contributed by atoms with E-state index in [-0.39, 0.29) is 29.6 Å². The number of aliphatic hydroxyl groups is 3. The molecule has 4 rings (SSSR count). The summed E-state index contributed by atoms with van der Waals surface area (Å²) < 4.78 is 0. The third kappa shape index (κ3) is 3.65. The van der Waals surface area contributed by atoms with E-state index in [0.717, 1.165) is 25.7 Å². The molecule has 3 saturated carbocycles. The second kappa shape index (κ2) is 8.36. The Hall–Kier alpha value is -0.970. The fraction of sp³-hybridized carbons (Fsp3) is 0.821. The number of carbonyl (C=O) groups excluding carboxylic acids is 1. The first kappa shape index (κ1) is 24.2. The first-order chi connectivity index (χ1) is 15.0. The van der Waals surface area contributed by atoms with Crippen LogP contribution in [0.4, 0.5) is 0 Å². The lowest BCUT2D eigenvalue weighted by molar-refractivity contribution is -0.142. The Morgan fingerprint density at radius 2 is 1.94 bits per heavy atom. The number of aliphatic hydroxyl groups excluding tert-OH is 2. The summed E-state index contributed by atoms with van der Waals surface area (Å²) in [6.07, 6.45) is 12.5. The summed E-state index contributed by atoms with van der Waals surface area (Å²) in [6, 6.07) is 0. The molecule has 10 unspecified atom stereocenters. The standard InChI is InChI=1S/C28H44O4/c1-17(2)18(3)8-12-27(5,32)25-24(31)15-23-21-7-6-19-14-20(30)9-11-26(19,4)22(21)10-13-28(23,25)16-29/h8-9,11-12,17-19,21-25,29,31-32H,6-7,10,13-16H2,1-5H3. The minimum absolute atomic E-state index is 0.0147. The molecule has 4 heteroatoms. The van der Waals surface area contributed by atoms with Gasteiger partial charge in [-0.2, -0.15) is 0 Å². The average molecular weight is 445 g/mol. The Balaban J connectivity index is 1.65. The topological polar surface area (TPSA) is 77.8 Å². The molecule has 4 aliphatic rings. The lowest BCUT2D eigenvalue weighted by Crippen LogP contribution is -2.57. The van der Waals surface area contributed by atoms with Crippen molar-refractivity contribution in [1.82, 2.24) is 0 Å². The van der Waals surface area contributed by atoms with Gasteiger partial charge in [0.15, 0.2) is 5.78 Å². The molecular formula is C28H44O4. The summed E-state index contributed by atoms with van der Waals surface area (Å²) in [5.41, 5.74) is -1.59. The number of fused-ring (bicyclic) bond motifs is 5. The maximum atomic E-state index is 12.1. The van der Waals surface area contributed by atoms with Crippen molar-refractivity contribution in [3.63, 3.8) is 0 Å². The molecule has 0 aliphatic heterocycles. The van der Waals surface area contributed by atoms with E-state index < -0.39 is 17.1 Å². The van der Waals surface area contributed by atoms with Crippen LogP contribution in [0.1, 0.15) is 73.1 Å². The molecule has 0 aromatic rings. The van der Waals surface area contributed by atoms with Gasteiger partial charge in [-0.3, -0.25) is 4.79 Å². The molecule has 32 heavy (non-hydrogen) atoms. The van der Waals surface area contributed by atoms with Crippen LogP contribution in [-0.2, 0) is 4.79 Å². The molecular weight excluding hydrogens is 400 g/mol. The molecule has 180 valence electrons. The van der Waals surface area contributed by atoms with Crippen molar-refractivity contribution in [2.24, 2.45) is 52.3 Å². The summed E-state index contributed by atoms with van der Waals surface area (Å²) in [7, 11) is 0. The Morgan fingerprint density at radius 3 is 2.59 bits per heavy atom. The maximum Gasteiger partial charge on any atom is 0.155 e. The van der Waals surface area contributed by atoms with Crippen LogP contribution in [0.25, 0.3) is 0 Å². The zero-order chi connectivity index (χ0) is 23.5. The van der Waals surface area contributed by atoms with Crippen LogP contribution in [0, 0.1) is 52.3 Å². The van der Waals surface area contributed by atoms with E-state index in [1.165, 1.54) is 0 Å². The highest BCUT2D eigenvalue weighted by atomic mass is 16.3. The second-order valence-corrected chi connectivity index (χ2v) is 12.4. The number of hydrogen-bond donors (Lipinski definition) is 3. The predicted molar refractivity (Wildman–Crippen MR) is 127 cm³/mol. The van der Waals surface area contributed by atoms with Gasteiger partial charge < -0.3 is 15.3 Å². The molecule has 3 fully saturated rings. The third-order valence-corrected chi connectivity index (χ3v) is 10.5. The Bertz CT molecular complexity index is 782. The zero-order valence-corrected chi connectivity index (χ0v) is 20.6.